The van der Waals surface area contributed by atoms with Gasteiger partial charge in [-0.25, -0.2) is 0 Å². The molecule has 0 bridgehead atoms. The van der Waals surface area contributed by atoms with Crippen molar-refractivity contribution in [2.75, 3.05) is 6.54 Å². The minimum atomic E-state index is -0.769. The molecule has 0 spiro atoms. The molecule has 5 nitrogen and oxygen atoms in total. The van der Waals surface area contributed by atoms with Gasteiger partial charge in [-0.05, 0) is 26.7 Å². The highest BCUT2D eigenvalue weighted by Crippen LogP contribution is 2.23. The SMILES string of the molecule is CC1CC(C(=O)O)CCN1C(=O)[C@@H](C)N. The summed E-state index contributed by atoms with van der Waals surface area (Å²) in [6.45, 7) is 4.02. The van der Waals surface area contributed by atoms with E-state index >= 15 is 0 Å². The molecule has 1 saturated heterocycles. The first-order valence-electron chi connectivity index (χ1n) is 5.22. The molecule has 3 atom stereocenters. The Balaban J connectivity index is 2.60. The first-order valence-corrected chi connectivity index (χ1v) is 5.22. The first kappa shape index (κ1) is 12.0. The molecular weight excluding hydrogens is 196 g/mol. The van der Waals surface area contributed by atoms with Crippen LogP contribution < -0.4 is 5.73 Å². The number of hydrogen-bond donors (Lipinski definition) is 2. The van der Waals surface area contributed by atoms with E-state index in [1.54, 1.807) is 11.8 Å². The van der Waals surface area contributed by atoms with E-state index in [2.05, 4.69) is 0 Å². The number of carbonyl (C=O) groups excluding carboxylic acids is 1. The summed E-state index contributed by atoms with van der Waals surface area (Å²) in [5.41, 5.74) is 5.52. The Labute approximate surface area is 89.2 Å². The molecule has 2 unspecified atom stereocenters. The smallest absolute Gasteiger partial charge is 0.306 e. The number of carbonyl (C=O) groups is 2. The van der Waals surface area contributed by atoms with Crippen molar-refractivity contribution in [1.29, 1.82) is 0 Å². The standard InChI is InChI=1S/C10H18N2O3/c1-6-5-8(10(14)15)3-4-12(6)9(13)7(2)11/h6-8H,3-5,11H2,1-2H3,(H,14,15)/t6?,7-,8?/m1/s1. The van der Waals surface area contributed by atoms with Crippen molar-refractivity contribution < 1.29 is 14.7 Å². The van der Waals surface area contributed by atoms with Gasteiger partial charge in [0.1, 0.15) is 0 Å². The van der Waals surface area contributed by atoms with Crippen LogP contribution in [0.5, 0.6) is 0 Å². The highest BCUT2D eigenvalue weighted by molar-refractivity contribution is 5.82. The number of nitrogens with two attached hydrogens (primary N) is 1. The van der Waals surface area contributed by atoms with E-state index in [1.807, 2.05) is 6.92 Å². The van der Waals surface area contributed by atoms with Crippen LogP contribution in [0.25, 0.3) is 0 Å². The molecule has 5 heteroatoms. The fraction of sp³-hybridized carbons (Fsp3) is 0.800. The van der Waals surface area contributed by atoms with Gasteiger partial charge in [0.15, 0.2) is 0 Å². The van der Waals surface area contributed by atoms with E-state index in [-0.39, 0.29) is 17.9 Å². The van der Waals surface area contributed by atoms with Gasteiger partial charge in [0.2, 0.25) is 5.91 Å². The van der Waals surface area contributed by atoms with Crippen molar-refractivity contribution in [3.05, 3.63) is 0 Å². The van der Waals surface area contributed by atoms with Gasteiger partial charge < -0.3 is 15.7 Å². The first-order chi connectivity index (χ1) is 6.93. The summed E-state index contributed by atoms with van der Waals surface area (Å²) in [6, 6.07) is -0.535. The second-order valence-corrected chi connectivity index (χ2v) is 4.23. The largest absolute Gasteiger partial charge is 0.481 e. The molecule has 0 aromatic carbocycles. The molecule has 0 aromatic heterocycles. The zero-order valence-corrected chi connectivity index (χ0v) is 9.14. The second-order valence-electron chi connectivity index (χ2n) is 4.23. The Bertz CT molecular complexity index is 265. The third kappa shape index (κ3) is 2.68. The molecule has 1 heterocycles. The zero-order chi connectivity index (χ0) is 11.6. The zero-order valence-electron chi connectivity index (χ0n) is 9.14. The molecule has 0 radical (unpaired) electrons. The molecule has 1 aliphatic heterocycles. The van der Waals surface area contributed by atoms with Crippen molar-refractivity contribution in [3.8, 4) is 0 Å². The van der Waals surface area contributed by atoms with Gasteiger partial charge in [0.25, 0.3) is 0 Å². The maximum absolute atomic E-state index is 11.6. The molecule has 86 valence electrons. The van der Waals surface area contributed by atoms with Gasteiger partial charge in [-0.3, -0.25) is 9.59 Å². The third-order valence-electron chi connectivity index (χ3n) is 2.90. The molecular formula is C10H18N2O3. The fourth-order valence-electron chi connectivity index (χ4n) is 1.99. The predicted octanol–water partition coefficient (Wildman–Crippen LogP) is 0.0453. The molecule has 1 aliphatic rings. The average molecular weight is 214 g/mol. The van der Waals surface area contributed by atoms with E-state index < -0.39 is 12.0 Å². The van der Waals surface area contributed by atoms with Gasteiger partial charge >= 0.3 is 5.97 Å². The van der Waals surface area contributed by atoms with E-state index in [0.717, 1.165) is 0 Å². The average Bonchev–Trinajstić information content (AvgIpc) is 2.16. The van der Waals surface area contributed by atoms with Crippen molar-refractivity contribution in [1.82, 2.24) is 4.90 Å². The Morgan fingerprint density at radius 3 is 2.53 bits per heavy atom. The van der Waals surface area contributed by atoms with E-state index in [9.17, 15) is 9.59 Å². The van der Waals surface area contributed by atoms with E-state index in [4.69, 9.17) is 10.8 Å². The van der Waals surface area contributed by atoms with Crippen LogP contribution in [0.15, 0.2) is 0 Å². The number of rotatable bonds is 2. The lowest BCUT2D eigenvalue weighted by Gasteiger charge is -2.37. The highest BCUT2D eigenvalue weighted by Gasteiger charge is 2.32. The van der Waals surface area contributed by atoms with Crippen LogP contribution in [-0.2, 0) is 9.59 Å². The quantitative estimate of drug-likeness (QED) is 0.680. The van der Waals surface area contributed by atoms with Gasteiger partial charge in [-0.1, -0.05) is 0 Å². The van der Waals surface area contributed by atoms with Gasteiger partial charge in [-0.2, -0.15) is 0 Å². The number of hydrogen-bond acceptors (Lipinski definition) is 3. The van der Waals surface area contributed by atoms with Crippen LogP contribution in [0.1, 0.15) is 26.7 Å². The summed E-state index contributed by atoms with van der Waals surface area (Å²) in [7, 11) is 0. The molecule has 0 saturated carbocycles. The molecule has 1 rings (SSSR count). The van der Waals surface area contributed by atoms with Gasteiger partial charge in [0.05, 0.1) is 12.0 Å². The number of amides is 1. The number of piperidine rings is 1. The second kappa shape index (κ2) is 4.61. The molecule has 0 aliphatic carbocycles. The summed E-state index contributed by atoms with van der Waals surface area (Å²) in [5, 5.41) is 8.86. The van der Waals surface area contributed by atoms with Gasteiger partial charge in [0, 0.05) is 12.6 Å². The summed E-state index contributed by atoms with van der Waals surface area (Å²) >= 11 is 0. The van der Waals surface area contributed by atoms with Crippen LogP contribution in [0, 0.1) is 5.92 Å². The van der Waals surface area contributed by atoms with E-state index in [0.29, 0.717) is 19.4 Å². The highest BCUT2D eigenvalue weighted by atomic mass is 16.4. The summed E-state index contributed by atoms with van der Waals surface area (Å²) in [4.78, 5) is 24.1. The van der Waals surface area contributed by atoms with Crippen LogP contribution in [0.4, 0.5) is 0 Å². The van der Waals surface area contributed by atoms with Crippen LogP contribution in [-0.4, -0.2) is 40.5 Å². The topological polar surface area (TPSA) is 83.6 Å². The molecule has 0 aromatic rings. The van der Waals surface area contributed by atoms with Crippen LogP contribution >= 0.6 is 0 Å². The Kier molecular flexibility index (Phi) is 3.68. The van der Waals surface area contributed by atoms with Crippen LogP contribution in [0.2, 0.25) is 0 Å². The Hall–Kier alpha value is -1.10. The van der Waals surface area contributed by atoms with Gasteiger partial charge in [-0.15, -0.1) is 0 Å². The lowest BCUT2D eigenvalue weighted by Crippen LogP contribution is -2.51. The van der Waals surface area contributed by atoms with Crippen molar-refractivity contribution in [2.45, 2.75) is 38.8 Å². The minimum absolute atomic E-state index is 0.0293. The van der Waals surface area contributed by atoms with Crippen LogP contribution in [0.3, 0.4) is 0 Å². The summed E-state index contributed by atoms with van der Waals surface area (Å²) in [5.74, 6) is -1.18. The normalized spacial score (nSPS) is 28.6. The monoisotopic (exact) mass is 214 g/mol. The Morgan fingerprint density at radius 2 is 2.13 bits per heavy atom. The summed E-state index contributed by atoms with van der Waals surface area (Å²) < 4.78 is 0. The lowest BCUT2D eigenvalue weighted by atomic mass is 9.91. The Morgan fingerprint density at radius 1 is 1.53 bits per heavy atom. The van der Waals surface area contributed by atoms with Crippen molar-refractivity contribution in [3.63, 3.8) is 0 Å². The predicted molar refractivity (Wildman–Crippen MR) is 55.2 cm³/mol. The maximum Gasteiger partial charge on any atom is 0.306 e. The molecule has 3 N–H and O–H groups in total. The summed E-state index contributed by atoms with van der Waals surface area (Å²) in [6.07, 6.45) is 1.05. The van der Waals surface area contributed by atoms with Crippen molar-refractivity contribution in [2.24, 2.45) is 11.7 Å². The van der Waals surface area contributed by atoms with E-state index in [1.165, 1.54) is 0 Å². The number of aliphatic carboxylic acids is 1. The molecule has 1 fully saturated rings. The number of likely N-dealkylation sites (tertiary alicyclic amines) is 1. The third-order valence-corrected chi connectivity index (χ3v) is 2.90. The van der Waals surface area contributed by atoms with Crippen molar-refractivity contribution >= 4 is 11.9 Å². The number of nitrogens with zero attached hydrogens (tertiary/aromatic N) is 1. The lowest BCUT2D eigenvalue weighted by molar-refractivity contribution is -0.147. The fourth-order valence-corrected chi connectivity index (χ4v) is 1.99. The minimum Gasteiger partial charge on any atom is -0.481 e. The molecule has 15 heavy (non-hydrogen) atoms. The number of carboxylic acid groups (broad SMARTS) is 1. The maximum atomic E-state index is 11.6. The number of carboxylic acids is 1. The molecule has 1 amide bonds.